The summed E-state index contributed by atoms with van der Waals surface area (Å²) in [5.41, 5.74) is 0. The molecule has 0 aliphatic heterocycles. The van der Waals surface area contributed by atoms with Gasteiger partial charge in [0.2, 0.25) is 0 Å². The Morgan fingerprint density at radius 2 is 2.28 bits per heavy atom. The molecule has 0 unspecified atom stereocenters. The fourth-order valence-electron chi connectivity index (χ4n) is 1.60. The molecule has 3 nitrogen and oxygen atoms in total. The van der Waals surface area contributed by atoms with Crippen molar-refractivity contribution in [2.75, 3.05) is 4.90 Å². The highest BCUT2D eigenvalue weighted by atomic mass is 32.1. The first kappa shape index (κ1) is 13.2. The van der Waals surface area contributed by atoms with Gasteiger partial charge >= 0.3 is 0 Å². The molecule has 2 aromatic rings. The van der Waals surface area contributed by atoms with Gasteiger partial charge in [0.25, 0.3) is 0 Å². The predicted octanol–water partition coefficient (Wildman–Crippen LogP) is 3.82. The van der Waals surface area contributed by atoms with E-state index in [9.17, 15) is 4.79 Å². The number of nitrogens with zero attached hydrogens (tertiary/aromatic N) is 2. The van der Waals surface area contributed by atoms with Gasteiger partial charge in [0.15, 0.2) is 10.9 Å². The molecule has 96 valence electrons. The lowest BCUT2D eigenvalue weighted by molar-refractivity contribution is 0.102. The highest BCUT2D eigenvalue weighted by Crippen LogP contribution is 2.27. The van der Waals surface area contributed by atoms with Crippen molar-refractivity contribution < 1.29 is 4.79 Å². The van der Waals surface area contributed by atoms with Gasteiger partial charge in [0.1, 0.15) is 0 Å². The number of thiazole rings is 1. The standard InChI is InChI=1S/C13H16N2OS2/c1-9(2)15(8-11-5-4-6-17-11)13-14-7-12(18-13)10(3)16/h4-7,9H,8H2,1-3H3. The summed E-state index contributed by atoms with van der Waals surface area (Å²) in [7, 11) is 0. The van der Waals surface area contributed by atoms with Gasteiger partial charge in [-0.05, 0) is 25.3 Å². The van der Waals surface area contributed by atoms with Gasteiger partial charge in [-0.1, -0.05) is 17.4 Å². The number of anilines is 1. The van der Waals surface area contributed by atoms with Crippen LogP contribution in [0.15, 0.2) is 23.7 Å². The highest BCUT2D eigenvalue weighted by molar-refractivity contribution is 7.17. The Kier molecular flexibility index (Phi) is 4.14. The molecule has 0 spiro atoms. The zero-order valence-corrected chi connectivity index (χ0v) is 12.3. The first-order valence-corrected chi connectivity index (χ1v) is 7.53. The molecular weight excluding hydrogens is 264 g/mol. The van der Waals surface area contributed by atoms with Gasteiger partial charge in [-0.2, -0.15) is 0 Å². The number of carbonyl (C=O) groups excluding carboxylic acids is 1. The highest BCUT2D eigenvalue weighted by Gasteiger charge is 2.16. The summed E-state index contributed by atoms with van der Waals surface area (Å²) in [4.78, 5) is 19.9. The Morgan fingerprint density at radius 1 is 1.50 bits per heavy atom. The first-order chi connectivity index (χ1) is 8.58. The second-order valence-corrected chi connectivity index (χ2v) is 6.41. The molecule has 0 N–H and O–H groups in total. The number of ketones is 1. The van der Waals surface area contributed by atoms with Gasteiger partial charge < -0.3 is 4.90 Å². The summed E-state index contributed by atoms with van der Waals surface area (Å²) in [5.74, 6) is 0.0820. The van der Waals surface area contributed by atoms with Crippen molar-refractivity contribution in [1.82, 2.24) is 4.98 Å². The normalized spacial score (nSPS) is 10.9. The molecule has 18 heavy (non-hydrogen) atoms. The third-order valence-corrected chi connectivity index (χ3v) is 4.61. The van der Waals surface area contributed by atoms with E-state index in [0.29, 0.717) is 6.04 Å². The van der Waals surface area contributed by atoms with Crippen LogP contribution in [-0.2, 0) is 6.54 Å². The van der Waals surface area contributed by atoms with Gasteiger partial charge in [-0.3, -0.25) is 4.79 Å². The molecular formula is C13H16N2OS2. The number of hydrogen-bond acceptors (Lipinski definition) is 5. The van der Waals surface area contributed by atoms with Gasteiger partial charge in [0.05, 0.1) is 17.6 Å². The van der Waals surface area contributed by atoms with E-state index in [-0.39, 0.29) is 5.78 Å². The van der Waals surface area contributed by atoms with Crippen molar-refractivity contribution in [2.45, 2.75) is 33.4 Å². The number of Topliss-reactive ketones (excluding diaryl/α,β-unsaturated/α-hetero) is 1. The minimum atomic E-state index is 0.0820. The molecule has 0 amide bonds. The zero-order chi connectivity index (χ0) is 13.1. The number of hydrogen-bond donors (Lipinski definition) is 0. The maximum Gasteiger partial charge on any atom is 0.186 e. The average Bonchev–Trinajstić information content (AvgIpc) is 2.96. The molecule has 0 saturated heterocycles. The molecule has 0 aliphatic carbocycles. The Morgan fingerprint density at radius 3 is 2.78 bits per heavy atom. The van der Waals surface area contributed by atoms with Crippen LogP contribution in [0.3, 0.4) is 0 Å². The van der Waals surface area contributed by atoms with E-state index < -0.39 is 0 Å². The second kappa shape index (κ2) is 5.63. The van der Waals surface area contributed by atoms with Crippen LogP contribution in [-0.4, -0.2) is 16.8 Å². The Labute approximate surface area is 115 Å². The van der Waals surface area contributed by atoms with Crippen LogP contribution in [0, 0.1) is 0 Å². The van der Waals surface area contributed by atoms with Crippen LogP contribution >= 0.6 is 22.7 Å². The fourth-order valence-corrected chi connectivity index (χ4v) is 3.25. The van der Waals surface area contributed by atoms with Crippen molar-refractivity contribution >= 4 is 33.6 Å². The van der Waals surface area contributed by atoms with E-state index in [1.54, 1.807) is 24.5 Å². The Bertz CT molecular complexity index is 517. The number of rotatable bonds is 5. The minimum Gasteiger partial charge on any atom is -0.341 e. The predicted molar refractivity (Wildman–Crippen MR) is 77.8 cm³/mol. The van der Waals surface area contributed by atoms with Crippen LogP contribution in [0.1, 0.15) is 35.3 Å². The molecule has 0 fully saturated rings. The van der Waals surface area contributed by atoms with E-state index in [0.717, 1.165) is 16.6 Å². The molecule has 5 heteroatoms. The van der Waals surface area contributed by atoms with Crippen LogP contribution in [0.5, 0.6) is 0 Å². The topological polar surface area (TPSA) is 33.2 Å². The number of aromatic nitrogens is 1. The van der Waals surface area contributed by atoms with E-state index in [2.05, 4.69) is 41.2 Å². The number of thiophene rings is 1. The molecule has 0 aliphatic rings. The summed E-state index contributed by atoms with van der Waals surface area (Å²) in [6.07, 6.45) is 1.67. The van der Waals surface area contributed by atoms with Crippen molar-refractivity contribution in [1.29, 1.82) is 0 Å². The molecule has 0 atom stereocenters. The quantitative estimate of drug-likeness (QED) is 0.781. The Balaban J connectivity index is 2.21. The minimum absolute atomic E-state index is 0.0820. The number of carbonyl (C=O) groups is 1. The lowest BCUT2D eigenvalue weighted by atomic mass is 10.3. The third-order valence-electron chi connectivity index (χ3n) is 2.62. The summed E-state index contributed by atoms with van der Waals surface area (Å²) < 4.78 is 0. The lowest BCUT2D eigenvalue weighted by Crippen LogP contribution is -2.29. The van der Waals surface area contributed by atoms with Gasteiger partial charge in [-0.15, -0.1) is 11.3 Å². The van der Waals surface area contributed by atoms with Crippen LogP contribution in [0.25, 0.3) is 0 Å². The second-order valence-electron chi connectivity index (χ2n) is 4.36. The Hall–Kier alpha value is -1.20. The summed E-state index contributed by atoms with van der Waals surface area (Å²) in [6.45, 7) is 6.71. The van der Waals surface area contributed by atoms with E-state index in [4.69, 9.17) is 0 Å². The largest absolute Gasteiger partial charge is 0.341 e. The van der Waals surface area contributed by atoms with Crippen LogP contribution in [0.2, 0.25) is 0 Å². The molecule has 0 bridgehead atoms. The zero-order valence-electron chi connectivity index (χ0n) is 10.7. The summed E-state index contributed by atoms with van der Waals surface area (Å²) in [6, 6.07) is 4.54. The van der Waals surface area contributed by atoms with Crippen molar-refractivity contribution in [3.63, 3.8) is 0 Å². The molecule has 2 aromatic heterocycles. The molecule has 0 aromatic carbocycles. The maximum atomic E-state index is 11.3. The summed E-state index contributed by atoms with van der Waals surface area (Å²) in [5, 5.41) is 3.00. The monoisotopic (exact) mass is 280 g/mol. The van der Waals surface area contributed by atoms with Crippen molar-refractivity contribution in [3.05, 3.63) is 33.5 Å². The van der Waals surface area contributed by atoms with E-state index in [1.165, 1.54) is 16.2 Å². The SMILES string of the molecule is CC(=O)c1cnc(N(Cc2cccs2)C(C)C)s1. The molecule has 2 heterocycles. The van der Waals surface area contributed by atoms with Gasteiger partial charge in [-0.25, -0.2) is 4.98 Å². The smallest absolute Gasteiger partial charge is 0.186 e. The average molecular weight is 280 g/mol. The molecule has 0 saturated carbocycles. The van der Waals surface area contributed by atoms with Crippen molar-refractivity contribution in [2.24, 2.45) is 0 Å². The third kappa shape index (κ3) is 2.97. The molecule has 2 rings (SSSR count). The lowest BCUT2D eigenvalue weighted by Gasteiger charge is -2.25. The van der Waals surface area contributed by atoms with Crippen molar-refractivity contribution in [3.8, 4) is 0 Å². The van der Waals surface area contributed by atoms with E-state index in [1.807, 2.05) is 0 Å². The van der Waals surface area contributed by atoms with Gasteiger partial charge in [0, 0.05) is 17.8 Å². The first-order valence-electron chi connectivity index (χ1n) is 5.83. The fraction of sp³-hybridized carbons (Fsp3) is 0.385. The van der Waals surface area contributed by atoms with E-state index >= 15 is 0 Å². The summed E-state index contributed by atoms with van der Waals surface area (Å²) >= 11 is 3.21. The molecule has 0 radical (unpaired) electrons. The van der Waals surface area contributed by atoms with Crippen LogP contribution in [0.4, 0.5) is 5.13 Å². The van der Waals surface area contributed by atoms with Crippen LogP contribution < -0.4 is 4.90 Å². The maximum absolute atomic E-state index is 11.3.